The van der Waals surface area contributed by atoms with E-state index in [1.54, 1.807) is 12.1 Å². The topological polar surface area (TPSA) is 89.5 Å². The van der Waals surface area contributed by atoms with Crippen molar-refractivity contribution in [2.75, 3.05) is 18.6 Å². The molecule has 1 unspecified atom stereocenters. The molecule has 1 aliphatic heterocycles. The second kappa shape index (κ2) is 8.22. The molecule has 0 spiro atoms. The molecule has 3 atom stereocenters. The Morgan fingerprint density at radius 2 is 1.77 bits per heavy atom. The molecule has 0 radical (unpaired) electrons. The van der Waals surface area contributed by atoms with Gasteiger partial charge in [-0.25, -0.2) is 16.8 Å². The largest absolute Gasteiger partial charge is 0.495 e. The van der Waals surface area contributed by atoms with Crippen LogP contribution in [0.15, 0.2) is 41.3 Å². The average molecular weight is 464 g/mol. The van der Waals surface area contributed by atoms with E-state index in [1.165, 1.54) is 12.7 Å². The van der Waals surface area contributed by atoms with E-state index in [0.717, 1.165) is 36.0 Å². The quantitative estimate of drug-likeness (QED) is 0.733. The average Bonchev–Trinajstić information content (AvgIpc) is 3.04. The number of rotatable bonds is 5. The van der Waals surface area contributed by atoms with Gasteiger partial charge in [0.05, 0.1) is 23.9 Å². The third-order valence-electron chi connectivity index (χ3n) is 6.57. The Bertz CT molecular complexity index is 1200. The molecular weight excluding hydrogens is 434 g/mol. The van der Waals surface area contributed by atoms with E-state index in [0.29, 0.717) is 0 Å². The van der Waals surface area contributed by atoms with Gasteiger partial charge in [0.2, 0.25) is 0 Å². The maximum atomic E-state index is 13.7. The Morgan fingerprint density at radius 1 is 1.06 bits per heavy atom. The maximum Gasteiger partial charge on any atom is 0.187 e. The van der Waals surface area contributed by atoms with Gasteiger partial charge in [-0.15, -0.1) is 0 Å². The minimum Gasteiger partial charge on any atom is -0.495 e. The number of nitrogens with one attached hydrogen (secondary N) is 1. The van der Waals surface area contributed by atoms with E-state index < -0.39 is 31.0 Å². The van der Waals surface area contributed by atoms with Crippen molar-refractivity contribution in [3.63, 3.8) is 0 Å². The van der Waals surface area contributed by atoms with E-state index in [2.05, 4.69) is 11.4 Å². The van der Waals surface area contributed by atoms with Crippen LogP contribution in [0.5, 0.6) is 5.75 Å². The summed E-state index contributed by atoms with van der Waals surface area (Å²) in [6.45, 7) is 3.73. The minimum absolute atomic E-state index is 0.0531. The van der Waals surface area contributed by atoms with Crippen LogP contribution in [0.2, 0.25) is 0 Å². The minimum atomic E-state index is -3.94. The fraction of sp³-hybridized carbons (Fsp3) is 0.478. The Morgan fingerprint density at radius 3 is 2.52 bits per heavy atom. The third-order valence-corrected chi connectivity index (χ3v) is 10.7. The summed E-state index contributed by atoms with van der Waals surface area (Å²) >= 11 is 0. The lowest BCUT2D eigenvalue weighted by atomic mass is 9.87. The number of methoxy groups -OCH3 is 1. The highest BCUT2D eigenvalue weighted by atomic mass is 32.2. The second-order valence-electron chi connectivity index (χ2n) is 8.66. The van der Waals surface area contributed by atoms with Crippen molar-refractivity contribution in [2.45, 2.75) is 55.3 Å². The molecule has 0 saturated carbocycles. The van der Waals surface area contributed by atoms with Crippen LogP contribution in [0.4, 0.5) is 0 Å². The van der Waals surface area contributed by atoms with Crippen LogP contribution in [0.3, 0.4) is 0 Å². The van der Waals surface area contributed by atoms with Crippen molar-refractivity contribution in [1.29, 1.82) is 0 Å². The lowest BCUT2D eigenvalue weighted by molar-refractivity contribution is 0.398. The van der Waals surface area contributed by atoms with Gasteiger partial charge >= 0.3 is 0 Å². The fourth-order valence-electron chi connectivity index (χ4n) is 4.77. The summed E-state index contributed by atoms with van der Waals surface area (Å²) in [6, 6.07) is 10.7. The Kier molecular flexibility index (Phi) is 5.91. The molecule has 2 aromatic carbocycles. The van der Waals surface area contributed by atoms with E-state index in [-0.39, 0.29) is 28.2 Å². The first-order chi connectivity index (χ1) is 14.6. The highest BCUT2D eigenvalue weighted by Crippen LogP contribution is 2.36. The summed E-state index contributed by atoms with van der Waals surface area (Å²) in [5.41, 5.74) is 4.12. The number of hydrogen-bond donors (Lipinski definition) is 1. The molecular formula is C23H29NO5S2. The lowest BCUT2D eigenvalue weighted by Gasteiger charge is -2.31. The van der Waals surface area contributed by atoms with Gasteiger partial charge in [-0.2, -0.15) is 0 Å². The van der Waals surface area contributed by atoms with Gasteiger partial charge in [0.15, 0.2) is 19.7 Å². The normalized spacial score (nSPS) is 25.2. The predicted octanol–water partition coefficient (Wildman–Crippen LogP) is 2.92. The van der Waals surface area contributed by atoms with Gasteiger partial charge in [0, 0.05) is 12.1 Å². The number of ether oxygens (including phenoxy) is 1. The van der Waals surface area contributed by atoms with Gasteiger partial charge in [-0.05, 0) is 67.5 Å². The molecule has 2 aromatic rings. The molecule has 1 N–H and O–H groups in total. The van der Waals surface area contributed by atoms with Gasteiger partial charge in [-0.3, -0.25) is 0 Å². The Hall–Kier alpha value is -1.90. The smallest absolute Gasteiger partial charge is 0.187 e. The van der Waals surface area contributed by atoms with Crippen molar-refractivity contribution in [2.24, 2.45) is 0 Å². The number of benzene rings is 2. The van der Waals surface area contributed by atoms with Gasteiger partial charge in [0.1, 0.15) is 10.6 Å². The fourth-order valence-corrected chi connectivity index (χ4v) is 9.67. The molecule has 0 amide bonds. The highest BCUT2D eigenvalue weighted by Gasteiger charge is 2.47. The Balaban J connectivity index is 1.71. The summed E-state index contributed by atoms with van der Waals surface area (Å²) in [6.07, 6.45) is 2.82. The predicted molar refractivity (Wildman–Crippen MR) is 121 cm³/mol. The van der Waals surface area contributed by atoms with Gasteiger partial charge in [-0.1, -0.05) is 24.3 Å². The number of aryl methyl sites for hydroxylation is 3. The molecule has 6 nitrogen and oxygen atoms in total. The first-order valence-corrected chi connectivity index (χ1v) is 13.9. The van der Waals surface area contributed by atoms with Gasteiger partial charge < -0.3 is 10.1 Å². The van der Waals surface area contributed by atoms with E-state index in [9.17, 15) is 16.8 Å². The maximum absolute atomic E-state index is 13.7. The number of fused-ring (bicyclic) bond motifs is 1. The van der Waals surface area contributed by atoms with Crippen LogP contribution in [0.25, 0.3) is 0 Å². The summed E-state index contributed by atoms with van der Waals surface area (Å²) < 4.78 is 57.8. The van der Waals surface area contributed by atoms with Gasteiger partial charge in [0.25, 0.3) is 0 Å². The van der Waals surface area contributed by atoms with Crippen molar-refractivity contribution >= 4 is 19.7 Å². The van der Waals surface area contributed by atoms with Crippen molar-refractivity contribution in [3.8, 4) is 5.75 Å². The van der Waals surface area contributed by atoms with Crippen LogP contribution < -0.4 is 10.1 Å². The molecule has 0 aromatic heterocycles. The number of sulfone groups is 2. The zero-order valence-corrected chi connectivity index (χ0v) is 19.7. The van der Waals surface area contributed by atoms with E-state index in [4.69, 9.17) is 4.74 Å². The summed E-state index contributed by atoms with van der Waals surface area (Å²) in [4.78, 5) is 0.0658. The lowest BCUT2D eigenvalue weighted by Crippen LogP contribution is -2.45. The van der Waals surface area contributed by atoms with Crippen LogP contribution >= 0.6 is 0 Å². The summed E-state index contributed by atoms with van der Waals surface area (Å²) in [5, 5.41) is 2.37. The van der Waals surface area contributed by atoms with Crippen LogP contribution in [0, 0.1) is 13.8 Å². The zero-order valence-electron chi connectivity index (χ0n) is 18.1. The van der Waals surface area contributed by atoms with Crippen LogP contribution in [-0.4, -0.2) is 46.7 Å². The van der Waals surface area contributed by atoms with Crippen LogP contribution in [0.1, 0.15) is 41.1 Å². The molecule has 2 aliphatic rings. The molecule has 1 heterocycles. The van der Waals surface area contributed by atoms with E-state index in [1.807, 2.05) is 32.0 Å². The SMILES string of the molecule is COc1cc(C)c(C)cc1S(=O)(=O)[C@H]1CS(=O)(=O)C[C@@H]1NC1CCCc2ccccc21. The van der Waals surface area contributed by atoms with E-state index >= 15 is 0 Å². The zero-order chi connectivity index (χ0) is 22.4. The first-order valence-electron chi connectivity index (χ1n) is 10.6. The summed E-state index contributed by atoms with van der Waals surface area (Å²) in [5.74, 6) is -0.297. The third kappa shape index (κ3) is 4.25. The monoisotopic (exact) mass is 463 g/mol. The molecule has 31 heavy (non-hydrogen) atoms. The van der Waals surface area contributed by atoms with Crippen molar-refractivity contribution < 1.29 is 21.6 Å². The second-order valence-corrected chi connectivity index (χ2v) is 13.0. The molecule has 1 aliphatic carbocycles. The van der Waals surface area contributed by atoms with Crippen molar-refractivity contribution in [1.82, 2.24) is 5.32 Å². The molecule has 8 heteroatoms. The Labute approximate surface area is 184 Å². The van der Waals surface area contributed by atoms with Crippen LogP contribution in [-0.2, 0) is 26.1 Å². The standard InChI is InChI=1S/C23H29NO5S2/c1-15-11-21(29-3)22(12-16(15)2)31(27,28)23-14-30(25,26)13-20(23)24-19-10-6-8-17-7-4-5-9-18(17)19/h4-5,7,9,11-12,19-20,23-24H,6,8,10,13-14H2,1-3H3/t19?,20-,23-/m0/s1. The first kappa shape index (κ1) is 22.3. The molecule has 0 bridgehead atoms. The summed E-state index contributed by atoms with van der Waals surface area (Å²) in [7, 11) is -5.99. The molecule has 168 valence electrons. The molecule has 1 fully saturated rings. The van der Waals surface area contributed by atoms with Crippen molar-refractivity contribution in [3.05, 3.63) is 58.7 Å². The molecule has 1 saturated heterocycles. The highest BCUT2D eigenvalue weighted by molar-refractivity contribution is 7.96. The number of hydrogen-bond acceptors (Lipinski definition) is 6. The molecule has 4 rings (SSSR count).